The normalized spacial score (nSPS) is 66.4. The monoisotopic (exact) mass is 234 g/mol. The zero-order chi connectivity index (χ0) is 12.0. The fourth-order valence-corrected chi connectivity index (χ4v) is 6.34. The molecule has 4 heteroatoms. The number of amides is 1. The molecule has 4 nitrogen and oxygen atoms in total. The van der Waals surface area contributed by atoms with Crippen molar-refractivity contribution >= 4 is 6.09 Å². The molecular formula is C13H18N2O2. The molecule has 1 amide bonds. The maximum Gasteiger partial charge on any atom is 0.408 e. The lowest BCUT2D eigenvalue weighted by molar-refractivity contribution is -0.584. The molecule has 17 heavy (non-hydrogen) atoms. The summed E-state index contributed by atoms with van der Waals surface area (Å²) in [5.74, 6) is 4.28. The van der Waals surface area contributed by atoms with Crippen LogP contribution in [0.25, 0.3) is 0 Å². The summed E-state index contributed by atoms with van der Waals surface area (Å²) in [7, 11) is 0. The second kappa shape index (κ2) is 1.91. The van der Waals surface area contributed by atoms with E-state index in [0.29, 0.717) is 17.8 Å². The van der Waals surface area contributed by atoms with Crippen LogP contribution in [0.5, 0.6) is 0 Å². The molecule has 6 fully saturated rings. The van der Waals surface area contributed by atoms with E-state index in [1.807, 2.05) is 20.8 Å². The standard InChI is InChI=1S/C13H18N2O2/c1-11(2,3)17-10(16)15-13-7-4-8(13)6-9(13)5(7)12(4,6)14/h4-9H,14H2,1-3H3,(H,15,16). The molecule has 0 spiro atoms. The Labute approximate surface area is 100 Å². The minimum absolute atomic E-state index is 0.128. The molecule has 0 aliphatic heterocycles. The van der Waals surface area contributed by atoms with Gasteiger partial charge in [-0.2, -0.15) is 0 Å². The number of rotatable bonds is 1. The molecule has 0 atom stereocenters. The summed E-state index contributed by atoms with van der Waals surface area (Å²) < 4.78 is 5.36. The average molecular weight is 234 g/mol. The molecule has 0 radical (unpaired) electrons. The largest absolute Gasteiger partial charge is 0.444 e. The number of nitrogens with two attached hydrogens (primary N) is 1. The quantitative estimate of drug-likeness (QED) is 0.702. The van der Waals surface area contributed by atoms with Crippen molar-refractivity contribution < 1.29 is 9.53 Å². The van der Waals surface area contributed by atoms with Crippen LogP contribution in [0.3, 0.4) is 0 Å². The van der Waals surface area contributed by atoms with Crippen molar-refractivity contribution in [1.29, 1.82) is 0 Å². The maximum atomic E-state index is 11.9. The number of carbonyl (C=O) groups excluding carboxylic acids is 1. The van der Waals surface area contributed by atoms with Crippen molar-refractivity contribution in [3.63, 3.8) is 0 Å². The molecule has 3 N–H and O–H groups in total. The summed E-state index contributed by atoms with van der Waals surface area (Å²) in [5, 5.41) is 3.16. The van der Waals surface area contributed by atoms with Gasteiger partial charge in [-0.3, -0.25) is 0 Å². The van der Waals surface area contributed by atoms with Crippen LogP contribution in [0.15, 0.2) is 0 Å². The molecule has 0 aromatic heterocycles. The zero-order valence-electron chi connectivity index (χ0n) is 10.4. The van der Waals surface area contributed by atoms with Crippen molar-refractivity contribution in [2.45, 2.75) is 37.5 Å². The molecule has 0 aromatic rings. The first-order chi connectivity index (χ1) is 7.83. The smallest absolute Gasteiger partial charge is 0.408 e. The second-order valence-electron chi connectivity index (χ2n) is 7.71. The van der Waals surface area contributed by atoms with Gasteiger partial charge in [0.15, 0.2) is 0 Å². The van der Waals surface area contributed by atoms with Gasteiger partial charge in [0.1, 0.15) is 5.60 Å². The van der Waals surface area contributed by atoms with Gasteiger partial charge >= 0.3 is 6.09 Å². The van der Waals surface area contributed by atoms with Crippen LogP contribution in [0.1, 0.15) is 20.8 Å². The lowest BCUT2D eigenvalue weighted by Crippen LogP contribution is -3.19. The average Bonchev–Trinajstić information content (AvgIpc) is 2.20. The highest BCUT2D eigenvalue weighted by atomic mass is 16.6. The van der Waals surface area contributed by atoms with Crippen molar-refractivity contribution in [2.75, 3.05) is 0 Å². The van der Waals surface area contributed by atoms with Gasteiger partial charge in [-0.15, -0.1) is 0 Å². The lowest BCUT2D eigenvalue weighted by atomic mass is 8.96. The van der Waals surface area contributed by atoms with Gasteiger partial charge in [-0.05, 0) is 56.3 Å². The summed E-state index contributed by atoms with van der Waals surface area (Å²) in [6.45, 7) is 5.71. The molecule has 6 aliphatic carbocycles. The Morgan fingerprint density at radius 3 is 2.00 bits per heavy atom. The highest BCUT2D eigenvalue weighted by Gasteiger charge is 3.09. The Morgan fingerprint density at radius 2 is 1.59 bits per heavy atom. The van der Waals surface area contributed by atoms with Crippen molar-refractivity contribution in [2.24, 2.45) is 41.2 Å². The first-order valence-electron chi connectivity index (χ1n) is 6.63. The number of alkyl carbamates (subject to hydrolysis) is 1. The van der Waals surface area contributed by atoms with E-state index in [9.17, 15) is 4.79 Å². The van der Waals surface area contributed by atoms with Crippen LogP contribution >= 0.6 is 0 Å². The zero-order valence-corrected chi connectivity index (χ0v) is 10.4. The van der Waals surface area contributed by atoms with E-state index in [2.05, 4.69) is 5.32 Å². The van der Waals surface area contributed by atoms with Gasteiger partial charge < -0.3 is 15.8 Å². The molecule has 0 bridgehead atoms. The van der Waals surface area contributed by atoms with Crippen LogP contribution in [0.2, 0.25) is 0 Å². The molecule has 0 saturated heterocycles. The van der Waals surface area contributed by atoms with E-state index < -0.39 is 5.60 Å². The molecule has 0 aromatic carbocycles. The number of nitrogens with one attached hydrogen (secondary N) is 1. The minimum atomic E-state index is -0.405. The summed E-state index contributed by atoms with van der Waals surface area (Å²) in [4.78, 5) is 11.9. The Hall–Kier alpha value is -0.770. The predicted molar refractivity (Wildman–Crippen MR) is 60.0 cm³/mol. The number of carbonyl (C=O) groups is 1. The van der Waals surface area contributed by atoms with E-state index in [4.69, 9.17) is 10.5 Å². The first kappa shape index (κ1) is 9.20. The number of ether oxygens (including phenoxy) is 1. The van der Waals surface area contributed by atoms with Crippen LogP contribution in [-0.4, -0.2) is 22.8 Å². The molecule has 6 saturated carbocycles. The fraction of sp³-hybridized carbons (Fsp3) is 0.923. The Balaban J connectivity index is 1.34. The summed E-state index contributed by atoms with van der Waals surface area (Å²) in [6, 6.07) is 0. The van der Waals surface area contributed by atoms with Crippen molar-refractivity contribution in [1.82, 2.24) is 5.32 Å². The van der Waals surface area contributed by atoms with E-state index in [1.54, 1.807) is 0 Å². The number of hydrogen-bond acceptors (Lipinski definition) is 3. The van der Waals surface area contributed by atoms with Gasteiger partial charge in [0.25, 0.3) is 0 Å². The third-order valence-corrected chi connectivity index (χ3v) is 6.43. The van der Waals surface area contributed by atoms with E-state index in [0.717, 1.165) is 17.8 Å². The van der Waals surface area contributed by atoms with E-state index in [-0.39, 0.29) is 17.2 Å². The van der Waals surface area contributed by atoms with Crippen LogP contribution in [-0.2, 0) is 4.74 Å². The minimum Gasteiger partial charge on any atom is -0.444 e. The van der Waals surface area contributed by atoms with Gasteiger partial charge in [-0.1, -0.05) is 0 Å². The first-order valence-corrected chi connectivity index (χ1v) is 6.63. The third kappa shape index (κ3) is 0.556. The van der Waals surface area contributed by atoms with E-state index in [1.165, 1.54) is 0 Å². The van der Waals surface area contributed by atoms with Crippen LogP contribution < -0.4 is 11.1 Å². The molecule has 6 rings (SSSR count). The highest BCUT2D eigenvalue weighted by molar-refractivity contribution is 5.74. The van der Waals surface area contributed by atoms with Gasteiger partial charge in [0.05, 0.1) is 5.54 Å². The summed E-state index contributed by atoms with van der Waals surface area (Å²) >= 11 is 0. The topological polar surface area (TPSA) is 64.3 Å². The van der Waals surface area contributed by atoms with Gasteiger partial charge in [0.2, 0.25) is 0 Å². The molecular weight excluding hydrogens is 216 g/mol. The molecule has 0 unspecified atom stereocenters. The van der Waals surface area contributed by atoms with Crippen LogP contribution in [0.4, 0.5) is 4.79 Å². The summed E-state index contributed by atoms with van der Waals surface area (Å²) in [6.07, 6.45) is -0.237. The summed E-state index contributed by atoms with van der Waals surface area (Å²) in [5.41, 5.74) is 6.27. The van der Waals surface area contributed by atoms with Crippen molar-refractivity contribution in [3.8, 4) is 0 Å². The Kier molecular flexibility index (Phi) is 1.03. The second-order valence-corrected chi connectivity index (χ2v) is 7.71. The van der Waals surface area contributed by atoms with Gasteiger partial charge in [-0.25, -0.2) is 4.79 Å². The molecule has 6 aliphatic rings. The maximum absolute atomic E-state index is 11.9. The Bertz CT molecular complexity index is 425. The van der Waals surface area contributed by atoms with E-state index >= 15 is 0 Å². The number of hydrogen-bond donors (Lipinski definition) is 2. The van der Waals surface area contributed by atoms with Crippen LogP contribution in [0, 0.1) is 35.5 Å². The highest BCUT2D eigenvalue weighted by Crippen LogP contribution is 3.02. The van der Waals surface area contributed by atoms with Crippen molar-refractivity contribution in [3.05, 3.63) is 0 Å². The molecule has 92 valence electrons. The van der Waals surface area contributed by atoms with Gasteiger partial charge in [0, 0.05) is 5.54 Å². The fourth-order valence-electron chi connectivity index (χ4n) is 6.34. The third-order valence-electron chi connectivity index (χ3n) is 6.43. The SMILES string of the molecule is CC(C)(C)OC(=O)NC12C3C4C1C1C2C3C41N. The predicted octanol–water partition coefficient (Wildman–Crippen LogP) is 0.713. The molecule has 0 heterocycles. The Morgan fingerprint density at radius 1 is 1.12 bits per heavy atom. The lowest BCUT2D eigenvalue weighted by Gasteiger charge is -3.10.